The van der Waals surface area contributed by atoms with Crippen LogP contribution in [-0.2, 0) is 10.8 Å². The van der Waals surface area contributed by atoms with E-state index in [4.69, 9.17) is 0 Å². The Bertz CT molecular complexity index is 3970. The molecule has 1 heterocycles. The summed E-state index contributed by atoms with van der Waals surface area (Å²) in [6.45, 7) is 0. The van der Waals surface area contributed by atoms with Crippen molar-refractivity contribution in [2.75, 3.05) is 4.90 Å². The van der Waals surface area contributed by atoms with Crippen LogP contribution in [0, 0.1) is 0 Å². The lowest BCUT2D eigenvalue weighted by atomic mass is 9.52. The van der Waals surface area contributed by atoms with Crippen molar-refractivity contribution in [2.45, 2.75) is 10.8 Å². The smallest absolute Gasteiger partial charge is 0.0720 e. The van der Waals surface area contributed by atoms with Gasteiger partial charge in [0, 0.05) is 37.2 Å². The molecular weight excluding hydrogens is 863 g/mol. The lowest BCUT2D eigenvalue weighted by Gasteiger charge is -2.48. The molecule has 1 aromatic heterocycles. The van der Waals surface area contributed by atoms with Gasteiger partial charge in [-0.25, -0.2) is 0 Å². The van der Waals surface area contributed by atoms with Gasteiger partial charge in [-0.3, -0.25) is 0 Å². The first-order valence-electron chi connectivity index (χ1n) is 24.3. The molecule has 2 heteroatoms. The average molecular weight is 906 g/mol. The monoisotopic (exact) mass is 905 g/mol. The topological polar surface area (TPSA) is 3.24 Å². The summed E-state index contributed by atoms with van der Waals surface area (Å²) in [5.74, 6) is 0. The number of hydrogen-bond donors (Lipinski definition) is 0. The number of thiophene rings is 1. The molecule has 0 unspecified atom stereocenters. The second-order valence-corrected chi connectivity index (χ2v) is 20.1. The second-order valence-electron chi connectivity index (χ2n) is 19.1. The molecule has 0 fully saturated rings. The minimum atomic E-state index is -0.541. The van der Waals surface area contributed by atoms with E-state index in [0.29, 0.717) is 0 Å². The zero-order valence-corrected chi connectivity index (χ0v) is 39.0. The molecule has 3 aliphatic rings. The van der Waals surface area contributed by atoms with Gasteiger partial charge < -0.3 is 4.90 Å². The van der Waals surface area contributed by atoms with Crippen LogP contribution in [0.15, 0.2) is 261 Å². The molecule has 0 saturated heterocycles. The normalized spacial score (nSPS) is 13.9. The SMILES string of the molecule is c1ccc(-c2ccc(N(c3ccc(-c4ccc5c(c4)C4(c6ccccc6-5)c5ccccc5C5(c6ccccc6-c6ccccc65)c5ccccc54)cc3)c3ccc4c(c3)sc3ccccc34)cc2)cc1. The fraction of sp³-hybridized carbons (Fsp3) is 0.0294. The Hall–Kier alpha value is -8.56. The van der Waals surface area contributed by atoms with E-state index in [2.05, 4.69) is 266 Å². The van der Waals surface area contributed by atoms with Crippen LogP contribution < -0.4 is 4.90 Å². The van der Waals surface area contributed by atoms with Crippen LogP contribution >= 0.6 is 11.3 Å². The Morgan fingerprint density at radius 1 is 0.243 bits per heavy atom. The Kier molecular flexibility index (Phi) is 8.43. The van der Waals surface area contributed by atoms with Crippen molar-refractivity contribution in [1.82, 2.24) is 0 Å². The zero-order valence-electron chi connectivity index (χ0n) is 38.2. The summed E-state index contributed by atoms with van der Waals surface area (Å²) >= 11 is 1.86. The van der Waals surface area contributed by atoms with Gasteiger partial charge in [0.05, 0.1) is 10.8 Å². The lowest BCUT2D eigenvalue weighted by molar-refractivity contribution is 0.633. The molecule has 0 N–H and O–H groups in total. The van der Waals surface area contributed by atoms with Crippen LogP contribution in [-0.4, -0.2) is 0 Å². The zero-order chi connectivity index (χ0) is 46.0. The third-order valence-electron chi connectivity index (χ3n) is 15.8. The highest BCUT2D eigenvalue weighted by Gasteiger charge is 2.58. The summed E-state index contributed by atoms with van der Waals surface area (Å²) in [5.41, 5.74) is 23.2. The molecule has 0 saturated carbocycles. The van der Waals surface area contributed by atoms with Gasteiger partial charge in [0.25, 0.3) is 0 Å². The largest absolute Gasteiger partial charge is 0.310 e. The van der Waals surface area contributed by atoms with E-state index in [0.717, 1.165) is 17.1 Å². The van der Waals surface area contributed by atoms with Crippen molar-refractivity contribution in [3.63, 3.8) is 0 Å². The molecule has 12 aromatic rings. The Labute approximate surface area is 411 Å². The first-order valence-corrected chi connectivity index (χ1v) is 25.1. The van der Waals surface area contributed by atoms with Crippen molar-refractivity contribution >= 4 is 48.6 Å². The quantitative estimate of drug-likeness (QED) is 0.166. The number of fused-ring (bicyclic) bond motifs is 19. The molecule has 0 atom stereocenters. The van der Waals surface area contributed by atoms with E-state index >= 15 is 0 Å². The molecule has 0 amide bonds. The summed E-state index contributed by atoms with van der Waals surface area (Å²) in [6, 6.07) is 98.0. The lowest BCUT2D eigenvalue weighted by Crippen LogP contribution is -2.43. The minimum Gasteiger partial charge on any atom is -0.310 e. The van der Waals surface area contributed by atoms with Gasteiger partial charge in [0.1, 0.15) is 0 Å². The summed E-state index contributed by atoms with van der Waals surface area (Å²) in [6.07, 6.45) is 0. The first kappa shape index (κ1) is 39.4. The van der Waals surface area contributed by atoms with Crippen LogP contribution in [0.3, 0.4) is 0 Å². The third kappa shape index (κ3) is 5.31. The molecule has 1 nitrogen and oxygen atoms in total. The van der Waals surface area contributed by atoms with Gasteiger partial charge in [-0.15, -0.1) is 11.3 Å². The van der Waals surface area contributed by atoms with Crippen LogP contribution in [0.2, 0.25) is 0 Å². The molecule has 3 aliphatic carbocycles. The summed E-state index contributed by atoms with van der Waals surface area (Å²) < 4.78 is 2.60. The number of nitrogens with zero attached hydrogens (tertiary/aromatic N) is 1. The molecule has 0 radical (unpaired) electrons. The van der Waals surface area contributed by atoms with E-state index < -0.39 is 10.8 Å². The number of anilines is 3. The van der Waals surface area contributed by atoms with Gasteiger partial charge in [0.2, 0.25) is 0 Å². The van der Waals surface area contributed by atoms with Crippen molar-refractivity contribution in [3.05, 3.63) is 305 Å². The molecular formula is C68H43NS. The average Bonchev–Trinajstić information content (AvgIpc) is 4.06. The maximum atomic E-state index is 2.52. The van der Waals surface area contributed by atoms with Gasteiger partial charge in [-0.05, 0) is 138 Å². The molecule has 11 aromatic carbocycles. The Balaban J connectivity index is 0.897. The predicted molar refractivity (Wildman–Crippen MR) is 293 cm³/mol. The minimum absolute atomic E-state index is 0.466. The second kappa shape index (κ2) is 15.0. The van der Waals surface area contributed by atoms with Gasteiger partial charge in [0.15, 0.2) is 0 Å². The predicted octanol–water partition coefficient (Wildman–Crippen LogP) is 17.9. The molecule has 0 aliphatic heterocycles. The summed E-state index contributed by atoms with van der Waals surface area (Å²) in [4.78, 5) is 2.40. The van der Waals surface area contributed by atoms with E-state index in [1.165, 1.54) is 109 Å². The van der Waals surface area contributed by atoms with E-state index in [1.54, 1.807) is 0 Å². The van der Waals surface area contributed by atoms with Gasteiger partial charge in [-0.1, -0.05) is 212 Å². The molecule has 2 spiro atoms. The Morgan fingerprint density at radius 2 is 0.629 bits per heavy atom. The fourth-order valence-electron chi connectivity index (χ4n) is 13.0. The molecule has 326 valence electrons. The van der Waals surface area contributed by atoms with Gasteiger partial charge >= 0.3 is 0 Å². The number of hydrogen-bond acceptors (Lipinski definition) is 2. The van der Waals surface area contributed by atoms with Gasteiger partial charge in [-0.2, -0.15) is 0 Å². The van der Waals surface area contributed by atoms with Crippen LogP contribution in [0.5, 0.6) is 0 Å². The fourth-order valence-corrected chi connectivity index (χ4v) is 14.1. The maximum absolute atomic E-state index is 2.52. The maximum Gasteiger partial charge on any atom is 0.0720 e. The van der Waals surface area contributed by atoms with Crippen molar-refractivity contribution < 1.29 is 0 Å². The first-order chi connectivity index (χ1) is 34.7. The van der Waals surface area contributed by atoms with E-state index in [1.807, 2.05) is 11.3 Å². The van der Waals surface area contributed by atoms with Crippen LogP contribution in [0.25, 0.3) is 64.7 Å². The number of rotatable bonds is 5. The van der Waals surface area contributed by atoms with Crippen molar-refractivity contribution in [1.29, 1.82) is 0 Å². The third-order valence-corrected chi connectivity index (χ3v) is 16.9. The van der Waals surface area contributed by atoms with Crippen molar-refractivity contribution in [3.8, 4) is 44.5 Å². The molecule has 0 bridgehead atoms. The van der Waals surface area contributed by atoms with E-state index in [9.17, 15) is 0 Å². The van der Waals surface area contributed by atoms with Crippen LogP contribution in [0.1, 0.15) is 44.5 Å². The standard InChI is InChI=1S/C68H43NS/c1-2-16-44(17-3-1)45-30-35-48(36-31-45)69(50-39-41-56-55-21-7-15-29-65(55)70-66(56)43-50)49-37-32-46(33-38-49)47-34-40-54-53-20-6-10-24-59(53)68(64(54)42-47)62-27-13-11-25-60(62)67(61-26-12-14-28-63(61)68)57-22-8-4-18-51(57)52-19-5-9-23-58(52)67/h1-43H. The summed E-state index contributed by atoms with van der Waals surface area (Å²) in [5, 5.41) is 2.61. The molecule has 15 rings (SSSR count). The van der Waals surface area contributed by atoms with Crippen molar-refractivity contribution in [2.24, 2.45) is 0 Å². The highest BCUT2D eigenvalue weighted by Crippen LogP contribution is 2.67. The highest BCUT2D eigenvalue weighted by molar-refractivity contribution is 7.25. The highest BCUT2D eigenvalue weighted by atomic mass is 32.1. The number of benzene rings is 11. The molecule has 70 heavy (non-hydrogen) atoms. The van der Waals surface area contributed by atoms with Crippen LogP contribution in [0.4, 0.5) is 17.1 Å². The summed E-state index contributed by atoms with van der Waals surface area (Å²) in [7, 11) is 0. The van der Waals surface area contributed by atoms with E-state index in [-0.39, 0.29) is 0 Å². The Morgan fingerprint density at radius 3 is 1.19 bits per heavy atom.